The molecule has 1 aromatic heterocycles. The minimum absolute atomic E-state index is 0. The molecule has 3 nitrogen and oxygen atoms in total. The predicted molar refractivity (Wildman–Crippen MR) is 77.1 cm³/mol. The minimum Gasteiger partial charge on any atom is -0.494 e. The molecule has 0 aliphatic heterocycles. The van der Waals surface area contributed by atoms with Crippen molar-refractivity contribution in [3.63, 3.8) is 0 Å². The first-order valence-corrected chi connectivity index (χ1v) is 6.83. The summed E-state index contributed by atoms with van der Waals surface area (Å²) in [6.07, 6.45) is -2.78. The van der Waals surface area contributed by atoms with Crippen LogP contribution in [0, 0.1) is 11.9 Å². The maximum absolute atomic E-state index is 14.2. The van der Waals surface area contributed by atoms with Crippen molar-refractivity contribution < 1.29 is 50.6 Å². The van der Waals surface area contributed by atoms with Gasteiger partial charge in [-0.05, 0) is 13.0 Å². The van der Waals surface area contributed by atoms with Gasteiger partial charge in [0.25, 0.3) is 6.43 Å². The third kappa shape index (κ3) is 4.81. The van der Waals surface area contributed by atoms with Gasteiger partial charge in [-0.1, -0.05) is 11.3 Å². The van der Waals surface area contributed by atoms with Crippen LogP contribution in [0.25, 0.3) is 11.3 Å². The topological polar surface area (TPSA) is 31.2 Å². The van der Waals surface area contributed by atoms with Crippen molar-refractivity contribution in [3.8, 4) is 17.0 Å². The molecule has 0 fully saturated rings. The van der Waals surface area contributed by atoms with Crippen molar-refractivity contribution in [3.05, 3.63) is 51.5 Å². The Morgan fingerprint density at radius 2 is 2.09 bits per heavy atom. The first-order valence-electron chi connectivity index (χ1n) is 6.46. The first-order chi connectivity index (χ1) is 10.4. The molecular weight excluding hydrogens is 408 g/mol. The van der Waals surface area contributed by atoms with Gasteiger partial charge in [-0.3, -0.25) is 4.79 Å². The number of benzene rings is 1. The van der Waals surface area contributed by atoms with Gasteiger partial charge in [-0.25, -0.2) is 13.2 Å². The molecule has 121 valence electrons. The third-order valence-corrected chi connectivity index (χ3v) is 3.15. The zero-order chi connectivity index (χ0) is 16.3. The van der Waals surface area contributed by atoms with E-state index in [1.54, 1.807) is 6.92 Å². The Morgan fingerprint density at radius 3 is 2.65 bits per heavy atom. The van der Waals surface area contributed by atoms with Gasteiger partial charge in [-0.15, -0.1) is 6.07 Å². The molecule has 0 atom stereocenters. The summed E-state index contributed by atoms with van der Waals surface area (Å²) in [6.45, 7) is 1.22. The average molecular weight is 420 g/mol. The Hall–Kier alpha value is -0.846. The number of nitrogens with zero attached hydrogens (tertiary/aromatic N) is 1. The summed E-state index contributed by atoms with van der Waals surface area (Å²) in [5, 5.41) is -0.254. The summed E-state index contributed by atoms with van der Waals surface area (Å²) in [4.78, 5) is 11.9. The van der Waals surface area contributed by atoms with Crippen molar-refractivity contribution in [2.75, 3.05) is 6.61 Å². The van der Waals surface area contributed by atoms with E-state index in [2.05, 4.69) is 6.07 Å². The number of ether oxygens (including phenoxy) is 1. The van der Waals surface area contributed by atoms with Crippen LogP contribution in [0.5, 0.6) is 5.75 Å². The fraction of sp³-hybridized carbons (Fsp3) is 0.267. The Balaban J connectivity index is 0.00000264. The first kappa shape index (κ1) is 20.2. The van der Waals surface area contributed by atoms with Crippen LogP contribution in [0.2, 0.25) is 5.02 Å². The molecule has 0 aliphatic carbocycles. The second-order valence-electron chi connectivity index (χ2n) is 4.37. The maximum Gasteiger partial charge on any atom is 0.256 e. The summed E-state index contributed by atoms with van der Waals surface area (Å²) in [6, 6.07) is 7.67. The van der Waals surface area contributed by atoms with Gasteiger partial charge in [0.05, 0.1) is 19.0 Å². The van der Waals surface area contributed by atoms with Crippen LogP contribution in [0.4, 0.5) is 13.2 Å². The van der Waals surface area contributed by atoms with Gasteiger partial charge < -0.3 is 9.30 Å². The van der Waals surface area contributed by atoms with Crippen LogP contribution in [0.15, 0.2) is 29.1 Å². The Morgan fingerprint density at radius 1 is 1.39 bits per heavy atom. The Labute approximate surface area is 161 Å². The zero-order valence-corrected chi connectivity index (χ0v) is 15.7. The van der Waals surface area contributed by atoms with E-state index in [1.807, 2.05) is 0 Å². The number of pyridine rings is 1. The van der Waals surface area contributed by atoms with Gasteiger partial charge in [-0.2, -0.15) is 23.7 Å². The van der Waals surface area contributed by atoms with E-state index < -0.39 is 24.3 Å². The minimum atomic E-state index is -2.78. The van der Waals surface area contributed by atoms with Crippen molar-refractivity contribution in [2.24, 2.45) is 0 Å². The summed E-state index contributed by atoms with van der Waals surface area (Å²) in [5.74, 6) is -0.396. The van der Waals surface area contributed by atoms with Crippen molar-refractivity contribution >= 4 is 11.6 Å². The summed E-state index contributed by atoms with van der Waals surface area (Å²) < 4.78 is 45.4. The predicted octanol–water partition coefficient (Wildman–Crippen LogP) is 3.77. The molecule has 0 unspecified atom stereocenters. The summed E-state index contributed by atoms with van der Waals surface area (Å²) in [5.41, 5.74) is -0.933. The maximum atomic E-state index is 14.2. The zero-order valence-electron chi connectivity index (χ0n) is 12.2. The summed E-state index contributed by atoms with van der Waals surface area (Å²) in [7, 11) is 0. The average Bonchev–Trinajstić information content (AvgIpc) is 2.45. The molecule has 0 spiro atoms. The quantitative estimate of drug-likeness (QED) is 0.691. The summed E-state index contributed by atoms with van der Waals surface area (Å²) >= 11 is 5.64. The van der Waals surface area contributed by atoms with Gasteiger partial charge in [0.1, 0.15) is 5.75 Å². The molecular formula is C15H12ClF3NO2Y-. The van der Waals surface area contributed by atoms with E-state index in [9.17, 15) is 18.0 Å². The number of alkyl halides is 2. The van der Waals surface area contributed by atoms with E-state index in [-0.39, 0.29) is 49.0 Å². The third-order valence-electron chi connectivity index (χ3n) is 2.88. The number of aromatic nitrogens is 1. The molecule has 2 aromatic rings. The fourth-order valence-corrected chi connectivity index (χ4v) is 2.14. The van der Waals surface area contributed by atoms with E-state index in [0.717, 1.165) is 12.1 Å². The Bertz CT molecular complexity index is 737. The molecule has 0 bridgehead atoms. The SMILES string of the molecule is CCOc1ccc(-c2[c-]cc(Cl)c(=O)n2CC(F)F)c(F)c1.[Y]. The van der Waals surface area contributed by atoms with Crippen molar-refractivity contribution in [1.29, 1.82) is 0 Å². The Kier molecular flexibility index (Phi) is 7.77. The molecule has 1 radical (unpaired) electrons. The molecule has 8 heteroatoms. The second-order valence-corrected chi connectivity index (χ2v) is 4.77. The van der Waals surface area contributed by atoms with Gasteiger partial charge in [0, 0.05) is 43.8 Å². The molecule has 0 amide bonds. The standard InChI is InChI=1S/C15H12ClF3NO2.Y/c1-2-22-9-3-4-10(12(17)7-9)13-6-5-11(16)15(21)20(13)8-14(18)19;/h3-5,7,14H,2,8H2,1H3;/q-1;. The molecule has 1 aromatic carbocycles. The smallest absolute Gasteiger partial charge is 0.256 e. The van der Waals surface area contributed by atoms with Crippen LogP contribution in [0.1, 0.15) is 6.92 Å². The second kappa shape index (κ2) is 8.85. The van der Waals surface area contributed by atoms with Crippen LogP contribution in [0.3, 0.4) is 0 Å². The van der Waals surface area contributed by atoms with Gasteiger partial charge >= 0.3 is 0 Å². The normalized spacial score (nSPS) is 10.5. The molecule has 2 rings (SSSR count). The van der Waals surface area contributed by atoms with E-state index >= 15 is 0 Å². The number of hydrogen-bond acceptors (Lipinski definition) is 2. The molecule has 1 heterocycles. The number of hydrogen-bond donors (Lipinski definition) is 0. The van der Waals surface area contributed by atoms with Gasteiger partial charge in [0.15, 0.2) is 0 Å². The van der Waals surface area contributed by atoms with E-state index in [4.69, 9.17) is 16.3 Å². The molecule has 0 saturated carbocycles. The molecule has 0 aliphatic rings. The van der Waals surface area contributed by atoms with Crippen LogP contribution < -0.4 is 10.3 Å². The van der Waals surface area contributed by atoms with Crippen molar-refractivity contribution in [1.82, 2.24) is 4.57 Å². The fourth-order valence-electron chi connectivity index (χ4n) is 1.98. The molecule has 0 N–H and O–H groups in total. The number of halogens is 4. The monoisotopic (exact) mass is 419 g/mol. The van der Waals surface area contributed by atoms with Gasteiger partial charge in [0.2, 0.25) is 5.56 Å². The van der Waals surface area contributed by atoms with Crippen LogP contribution in [-0.2, 0) is 39.3 Å². The van der Waals surface area contributed by atoms with E-state index in [0.29, 0.717) is 16.9 Å². The van der Waals surface area contributed by atoms with E-state index in [1.165, 1.54) is 12.1 Å². The van der Waals surface area contributed by atoms with Crippen LogP contribution in [-0.4, -0.2) is 17.6 Å². The molecule has 23 heavy (non-hydrogen) atoms. The molecule has 0 saturated heterocycles. The largest absolute Gasteiger partial charge is 0.494 e. The number of rotatable bonds is 5. The van der Waals surface area contributed by atoms with Crippen molar-refractivity contribution in [2.45, 2.75) is 19.9 Å². The van der Waals surface area contributed by atoms with Crippen LogP contribution >= 0.6 is 11.6 Å².